The van der Waals surface area contributed by atoms with E-state index in [0.717, 1.165) is 32.4 Å². The molecule has 1 heterocycles. The van der Waals surface area contributed by atoms with Crippen LogP contribution in [0.5, 0.6) is 0 Å². The molecule has 31 heavy (non-hydrogen) atoms. The number of nitrogens with one attached hydrogen (secondary N) is 2. The lowest BCUT2D eigenvalue weighted by atomic mass is 10.0. The molecule has 0 radical (unpaired) electrons. The molecule has 1 fully saturated rings. The largest absolute Gasteiger partial charge is 0.383 e. The van der Waals surface area contributed by atoms with Crippen molar-refractivity contribution in [1.29, 1.82) is 0 Å². The third-order valence-electron chi connectivity index (χ3n) is 6.83. The van der Waals surface area contributed by atoms with Gasteiger partial charge >= 0.3 is 0 Å². The Morgan fingerprint density at radius 1 is 1.13 bits per heavy atom. The molecule has 4 rings (SSSR count). The zero-order chi connectivity index (χ0) is 21.8. The zero-order valence-corrected chi connectivity index (χ0v) is 19.0. The minimum atomic E-state index is -0.0905. The van der Waals surface area contributed by atoms with Gasteiger partial charge in [0.15, 0.2) is 0 Å². The van der Waals surface area contributed by atoms with E-state index in [2.05, 4.69) is 71.8 Å². The highest BCUT2D eigenvalue weighted by Gasteiger charge is 2.41. The number of nitrogens with zero attached hydrogens (tertiary/aromatic N) is 1. The molecule has 0 bridgehead atoms. The van der Waals surface area contributed by atoms with E-state index in [0.29, 0.717) is 25.2 Å². The Labute approximate surface area is 186 Å². The van der Waals surface area contributed by atoms with E-state index in [4.69, 9.17) is 4.74 Å². The van der Waals surface area contributed by atoms with Crippen molar-refractivity contribution in [3.63, 3.8) is 0 Å². The monoisotopic (exact) mass is 421 g/mol. The molecule has 1 saturated heterocycles. The van der Waals surface area contributed by atoms with Crippen LogP contribution in [0.1, 0.15) is 34.2 Å². The Kier molecular flexibility index (Phi) is 7.06. The third-order valence-corrected chi connectivity index (χ3v) is 6.83. The van der Waals surface area contributed by atoms with Crippen molar-refractivity contribution in [3.8, 4) is 0 Å². The molecule has 1 aliphatic carbocycles. The van der Waals surface area contributed by atoms with E-state index in [9.17, 15) is 4.79 Å². The van der Waals surface area contributed by atoms with Crippen LogP contribution in [0.3, 0.4) is 0 Å². The van der Waals surface area contributed by atoms with Gasteiger partial charge in [-0.1, -0.05) is 48.0 Å². The molecule has 1 amide bonds. The number of ether oxygens (including phenoxy) is 1. The van der Waals surface area contributed by atoms with Gasteiger partial charge in [0.25, 0.3) is 0 Å². The van der Waals surface area contributed by atoms with Crippen molar-refractivity contribution in [3.05, 3.63) is 70.3 Å². The topological polar surface area (TPSA) is 53.6 Å². The second-order valence-electron chi connectivity index (χ2n) is 9.07. The maximum Gasteiger partial charge on any atom is 0.237 e. The standard InChI is InChI=1S/C26H35N3O2/c1-18-8-9-19(2)22(12-18)16-28-23-15-25(26(30)27-10-11-31-3)29(17-23)24-13-20-6-4-5-7-21(20)14-24/h4-9,12,23-25,28H,10-11,13-17H2,1-3H3,(H,27,30)/t23-,25+/m1/s1. The Balaban J connectivity index is 1.44. The fraction of sp³-hybridized carbons (Fsp3) is 0.500. The highest BCUT2D eigenvalue weighted by molar-refractivity contribution is 5.82. The van der Waals surface area contributed by atoms with Gasteiger partial charge in [-0.2, -0.15) is 0 Å². The Hall–Kier alpha value is -2.21. The summed E-state index contributed by atoms with van der Waals surface area (Å²) in [5, 5.41) is 6.82. The van der Waals surface area contributed by atoms with Crippen molar-refractivity contribution in [2.75, 3.05) is 26.8 Å². The van der Waals surface area contributed by atoms with Crippen molar-refractivity contribution >= 4 is 5.91 Å². The number of likely N-dealkylation sites (tertiary alicyclic amines) is 1. The minimum absolute atomic E-state index is 0.0905. The SMILES string of the molecule is COCCNC(=O)[C@@H]1C[C@@H](NCc2cc(C)ccc2C)CN1C1Cc2ccccc2C1. The molecular weight excluding hydrogens is 386 g/mol. The van der Waals surface area contributed by atoms with Crippen LogP contribution in [-0.2, 0) is 28.9 Å². The van der Waals surface area contributed by atoms with E-state index < -0.39 is 0 Å². The van der Waals surface area contributed by atoms with Gasteiger partial charge in [-0.25, -0.2) is 0 Å². The normalized spacial score (nSPS) is 21.4. The van der Waals surface area contributed by atoms with Gasteiger partial charge in [0.1, 0.15) is 0 Å². The first-order chi connectivity index (χ1) is 15.0. The number of rotatable bonds is 8. The first-order valence-corrected chi connectivity index (χ1v) is 11.4. The predicted molar refractivity (Wildman–Crippen MR) is 124 cm³/mol. The number of hydrogen-bond acceptors (Lipinski definition) is 4. The fourth-order valence-corrected chi connectivity index (χ4v) is 5.08. The maximum absolute atomic E-state index is 13.0. The number of carbonyl (C=O) groups excluding carboxylic acids is 1. The molecule has 2 aromatic carbocycles. The number of aryl methyl sites for hydroxylation is 2. The Bertz CT molecular complexity index is 888. The fourth-order valence-electron chi connectivity index (χ4n) is 5.08. The smallest absolute Gasteiger partial charge is 0.237 e. The van der Waals surface area contributed by atoms with Crippen molar-refractivity contribution in [2.24, 2.45) is 0 Å². The van der Waals surface area contributed by atoms with Crippen LogP contribution >= 0.6 is 0 Å². The summed E-state index contributed by atoms with van der Waals surface area (Å²) in [6.45, 7) is 7.16. The molecule has 2 aromatic rings. The molecule has 2 aliphatic rings. The second-order valence-corrected chi connectivity index (χ2v) is 9.07. The van der Waals surface area contributed by atoms with E-state index in [1.165, 1.54) is 27.8 Å². The minimum Gasteiger partial charge on any atom is -0.383 e. The quantitative estimate of drug-likeness (QED) is 0.644. The summed E-state index contributed by atoms with van der Waals surface area (Å²) < 4.78 is 5.11. The van der Waals surface area contributed by atoms with Gasteiger partial charge in [0.2, 0.25) is 5.91 Å². The van der Waals surface area contributed by atoms with Gasteiger partial charge < -0.3 is 15.4 Å². The second kappa shape index (κ2) is 9.94. The summed E-state index contributed by atoms with van der Waals surface area (Å²) in [7, 11) is 1.66. The number of carbonyl (C=O) groups is 1. The summed E-state index contributed by atoms with van der Waals surface area (Å²) in [4.78, 5) is 15.5. The molecule has 0 spiro atoms. The highest BCUT2D eigenvalue weighted by atomic mass is 16.5. The third kappa shape index (κ3) is 5.17. The summed E-state index contributed by atoms with van der Waals surface area (Å²) >= 11 is 0. The zero-order valence-electron chi connectivity index (χ0n) is 19.0. The Morgan fingerprint density at radius 3 is 2.58 bits per heavy atom. The lowest BCUT2D eigenvalue weighted by molar-refractivity contribution is -0.126. The average molecular weight is 422 g/mol. The maximum atomic E-state index is 13.0. The Morgan fingerprint density at radius 2 is 1.87 bits per heavy atom. The number of fused-ring (bicyclic) bond motifs is 1. The van der Waals surface area contributed by atoms with Gasteiger partial charge in [0.05, 0.1) is 12.6 Å². The molecule has 1 aliphatic heterocycles. The number of hydrogen-bond donors (Lipinski definition) is 2. The highest BCUT2D eigenvalue weighted by Crippen LogP contribution is 2.31. The first-order valence-electron chi connectivity index (χ1n) is 11.4. The first kappa shape index (κ1) is 22.0. The van der Waals surface area contributed by atoms with Crippen molar-refractivity contribution in [2.45, 2.75) is 57.8 Å². The van der Waals surface area contributed by atoms with Crippen LogP contribution in [0.2, 0.25) is 0 Å². The van der Waals surface area contributed by atoms with Gasteiger partial charge in [-0.15, -0.1) is 0 Å². The summed E-state index contributed by atoms with van der Waals surface area (Å²) in [6, 6.07) is 15.9. The molecule has 166 valence electrons. The van der Waals surface area contributed by atoms with Crippen LogP contribution in [-0.4, -0.2) is 55.7 Å². The van der Waals surface area contributed by atoms with Gasteiger partial charge in [0, 0.05) is 38.8 Å². The van der Waals surface area contributed by atoms with Crippen LogP contribution in [0.25, 0.3) is 0 Å². The van der Waals surface area contributed by atoms with Crippen LogP contribution in [0.15, 0.2) is 42.5 Å². The summed E-state index contributed by atoms with van der Waals surface area (Å²) in [5.74, 6) is 0.129. The molecule has 5 nitrogen and oxygen atoms in total. The lowest BCUT2D eigenvalue weighted by Crippen LogP contribution is -2.48. The van der Waals surface area contributed by atoms with E-state index >= 15 is 0 Å². The van der Waals surface area contributed by atoms with Gasteiger partial charge in [-0.05, 0) is 55.4 Å². The molecule has 2 atom stereocenters. The molecule has 0 saturated carbocycles. The van der Waals surface area contributed by atoms with E-state index in [-0.39, 0.29) is 11.9 Å². The average Bonchev–Trinajstić information content (AvgIpc) is 3.38. The lowest BCUT2D eigenvalue weighted by Gasteiger charge is -2.29. The molecule has 2 N–H and O–H groups in total. The number of amides is 1. The number of methoxy groups -OCH3 is 1. The molecular formula is C26H35N3O2. The number of benzene rings is 2. The van der Waals surface area contributed by atoms with Crippen LogP contribution in [0, 0.1) is 13.8 Å². The summed E-state index contributed by atoms with van der Waals surface area (Å²) in [5.41, 5.74) is 6.80. The summed E-state index contributed by atoms with van der Waals surface area (Å²) in [6.07, 6.45) is 2.90. The predicted octanol–water partition coefficient (Wildman–Crippen LogP) is 2.77. The van der Waals surface area contributed by atoms with Gasteiger partial charge in [-0.3, -0.25) is 9.69 Å². The van der Waals surface area contributed by atoms with E-state index in [1.54, 1.807) is 7.11 Å². The molecule has 5 heteroatoms. The van der Waals surface area contributed by atoms with Crippen molar-refractivity contribution in [1.82, 2.24) is 15.5 Å². The van der Waals surface area contributed by atoms with Crippen LogP contribution < -0.4 is 10.6 Å². The molecule has 0 unspecified atom stereocenters. The molecule has 0 aromatic heterocycles. The van der Waals surface area contributed by atoms with Crippen molar-refractivity contribution < 1.29 is 9.53 Å². The van der Waals surface area contributed by atoms with Crippen LogP contribution in [0.4, 0.5) is 0 Å². The van der Waals surface area contributed by atoms with E-state index in [1.807, 2.05) is 0 Å².